The molecule has 1 heterocycles. The maximum atomic E-state index is 12.7. The molecule has 3 aromatic rings. The Bertz CT molecular complexity index is 892. The Balaban J connectivity index is 1.97. The number of ketones is 1. The van der Waals surface area contributed by atoms with Gasteiger partial charge in [-0.05, 0) is 24.3 Å². The standard InChI is InChI=1S/C20H15NO4/c1-24-16-7-8-17(19(22)14-5-3-2-4-6-14)18(13-16)25-20(23)15-9-11-21-12-10-15/h2-13H,1H3. The van der Waals surface area contributed by atoms with Crippen LogP contribution >= 0.6 is 0 Å². The molecule has 1 aromatic heterocycles. The lowest BCUT2D eigenvalue weighted by Gasteiger charge is -2.11. The van der Waals surface area contributed by atoms with E-state index < -0.39 is 5.97 Å². The average Bonchev–Trinajstić information content (AvgIpc) is 2.68. The predicted molar refractivity (Wildman–Crippen MR) is 92.1 cm³/mol. The van der Waals surface area contributed by atoms with Gasteiger partial charge in [-0.3, -0.25) is 9.78 Å². The molecule has 124 valence electrons. The van der Waals surface area contributed by atoms with Crippen LogP contribution in [-0.2, 0) is 0 Å². The maximum absolute atomic E-state index is 12.7. The highest BCUT2D eigenvalue weighted by Crippen LogP contribution is 2.28. The largest absolute Gasteiger partial charge is 0.497 e. The molecule has 3 rings (SSSR count). The first-order valence-electron chi connectivity index (χ1n) is 7.59. The maximum Gasteiger partial charge on any atom is 0.343 e. The van der Waals surface area contributed by atoms with Crippen molar-refractivity contribution >= 4 is 11.8 Å². The van der Waals surface area contributed by atoms with Gasteiger partial charge in [0, 0.05) is 24.0 Å². The van der Waals surface area contributed by atoms with E-state index in [1.807, 2.05) is 6.07 Å². The first kappa shape index (κ1) is 16.4. The number of ether oxygens (including phenoxy) is 2. The van der Waals surface area contributed by atoms with E-state index in [1.54, 1.807) is 48.5 Å². The predicted octanol–water partition coefficient (Wildman–Crippen LogP) is 3.54. The summed E-state index contributed by atoms with van der Waals surface area (Å²) in [6.07, 6.45) is 3.00. The Kier molecular flexibility index (Phi) is 4.85. The third-order valence-electron chi connectivity index (χ3n) is 3.59. The van der Waals surface area contributed by atoms with Gasteiger partial charge in [0.05, 0.1) is 18.2 Å². The molecule has 0 aliphatic heterocycles. The van der Waals surface area contributed by atoms with Gasteiger partial charge in [-0.25, -0.2) is 4.79 Å². The van der Waals surface area contributed by atoms with Crippen molar-refractivity contribution in [2.75, 3.05) is 7.11 Å². The van der Waals surface area contributed by atoms with Gasteiger partial charge in [0.15, 0.2) is 5.78 Å². The second-order valence-corrected chi connectivity index (χ2v) is 5.18. The third kappa shape index (κ3) is 3.72. The van der Waals surface area contributed by atoms with Crippen LogP contribution < -0.4 is 9.47 Å². The van der Waals surface area contributed by atoms with E-state index >= 15 is 0 Å². The molecule has 0 spiro atoms. The van der Waals surface area contributed by atoms with Crippen LogP contribution in [0.3, 0.4) is 0 Å². The first-order valence-corrected chi connectivity index (χ1v) is 7.59. The van der Waals surface area contributed by atoms with Gasteiger partial charge in [0.1, 0.15) is 11.5 Å². The van der Waals surface area contributed by atoms with E-state index in [1.165, 1.54) is 25.6 Å². The van der Waals surface area contributed by atoms with E-state index in [0.29, 0.717) is 16.9 Å². The molecule has 0 bridgehead atoms. The fraction of sp³-hybridized carbons (Fsp3) is 0.0500. The second kappa shape index (κ2) is 7.40. The number of hydrogen-bond donors (Lipinski definition) is 0. The lowest BCUT2D eigenvalue weighted by atomic mass is 10.0. The number of carbonyl (C=O) groups is 2. The number of pyridine rings is 1. The smallest absolute Gasteiger partial charge is 0.343 e. The number of methoxy groups -OCH3 is 1. The lowest BCUT2D eigenvalue weighted by Crippen LogP contribution is -2.12. The van der Waals surface area contributed by atoms with Crippen LogP contribution in [0.5, 0.6) is 11.5 Å². The number of nitrogens with zero attached hydrogens (tertiary/aromatic N) is 1. The van der Waals surface area contributed by atoms with E-state index in [2.05, 4.69) is 4.98 Å². The topological polar surface area (TPSA) is 65.5 Å². The van der Waals surface area contributed by atoms with E-state index in [0.717, 1.165) is 0 Å². The molecule has 0 radical (unpaired) electrons. The Morgan fingerprint density at radius 3 is 2.28 bits per heavy atom. The molecule has 0 saturated carbocycles. The summed E-state index contributed by atoms with van der Waals surface area (Å²) in [5, 5.41) is 0. The summed E-state index contributed by atoms with van der Waals surface area (Å²) in [7, 11) is 1.50. The minimum atomic E-state index is -0.572. The summed E-state index contributed by atoms with van der Waals surface area (Å²) in [6.45, 7) is 0. The Hall–Kier alpha value is -3.47. The van der Waals surface area contributed by atoms with Gasteiger partial charge >= 0.3 is 5.97 Å². The number of carbonyl (C=O) groups excluding carboxylic acids is 2. The van der Waals surface area contributed by atoms with E-state index in [9.17, 15) is 9.59 Å². The highest BCUT2D eigenvalue weighted by molar-refractivity contribution is 6.11. The van der Waals surface area contributed by atoms with Crippen LogP contribution in [0.25, 0.3) is 0 Å². The van der Waals surface area contributed by atoms with Crippen LogP contribution in [0, 0.1) is 0 Å². The number of rotatable bonds is 5. The Labute approximate surface area is 144 Å². The first-order chi connectivity index (χ1) is 12.2. The summed E-state index contributed by atoms with van der Waals surface area (Å²) >= 11 is 0. The van der Waals surface area contributed by atoms with Crippen LogP contribution in [-0.4, -0.2) is 23.8 Å². The third-order valence-corrected chi connectivity index (χ3v) is 3.59. The van der Waals surface area contributed by atoms with Crippen molar-refractivity contribution < 1.29 is 19.1 Å². The van der Waals surface area contributed by atoms with Crippen molar-refractivity contribution in [2.45, 2.75) is 0 Å². The Morgan fingerprint density at radius 2 is 1.60 bits per heavy atom. The molecule has 0 aliphatic rings. The Morgan fingerprint density at radius 1 is 0.880 bits per heavy atom. The number of esters is 1. The van der Waals surface area contributed by atoms with Crippen molar-refractivity contribution in [3.05, 3.63) is 89.7 Å². The zero-order valence-corrected chi connectivity index (χ0v) is 13.5. The summed E-state index contributed by atoms with van der Waals surface area (Å²) in [4.78, 5) is 28.9. The number of benzene rings is 2. The van der Waals surface area contributed by atoms with Gasteiger partial charge in [0.2, 0.25) is 0 Å². The highest BCUT2D eigenvalue weighted by Gasteiger charge is 2.18. The van der Waals surface area contributed by atoms with Crippen molar-refractivity contribution in [3.8, 4) is 11.5 Å². The summed E-state index contributed by atoms with van der Waals surface area (Å²) in [5.41, 5.74) is 1.14. The quantitative estimate of drug-likeness (QED) is 0.406. The van der Waals surface area contributed by atoms with Crippen molar-refractivity contribution in [1.29, 1.82) is 0 Å². The molecular weight excluding hydrogens is 318 g/mol. The molecule has 0 N–H and O–H groups in total. The number of hydrogen-bond acceptors (Lipinski definition) is 5. The van der Waals surface area contributed by atoms with Gasteiger partial charge < -0.3 is 9.47 Å². The molecule has 5 nitrogen and oxygen atoms in total. The van der Waals surface area contributed by atoms with Gasteiger partial charge in [-0.1, -0.05) is 30.3 Å². The molecule has 0 aliphatic carbocycles. The fourth-order valence-electron chi connectivity index (χ4n) is 2.29. The lowest BCUT2D eigenvalue weighted by molar-refractivity contribution is 0.0732. The second-order valence-electron chi connectivity index (χ2n) is 5.18. The van der Waals surface area contributed by atoms with Crippen LogP contribution in [0.2, 0.25) is 0 Å². The molecule has 0 atom stereocenters. The normalized spacial score (nSPS) is 10.1. The summed E-state index contributed by atoms with van der Waals surface area (Å²) in [6, 6.07) is 16.6. The molecule has 2 aromatic carbocycles. The van der Waals surface area contributed by atoms with Gasteiger partial charge in [-0.2, -0.15) is 0 Å². The molecule has 5 heteroatoms. The number of aromatic nitrogens is 1. The van der Waals surface area contributed by atoms with Crippen LogP contribution in [0.15, 0.2) is 73.1 Å². The van der Waals surface area contributed by atoms with Gasteiger partial charge in [-0.15, -0.1) is 0 Å². The van der Waals surface area contributed by atoms with Crippen molar-refractivity contribution in [1.82, 2.24) is 4.98 Å². The van der Waals surface area contributed by atoms with Crippen LogP contribution in [0.4, 0.5) is 0 Å². The molecule has 0 fully saturated rings. The summed E-state index contributed by atoms with van der Waals surface area (Å²) < 4.78 is 10.6. The summed E-state index contributed by atoms with van der Waals surface area (Å²) in [5.74, 6) is -0.171. The zero-order chi connectivity index (χ0) is 17.6. The fourth-order valence-corrected chi connectivity index (χ4v) is 2.29. The zero-order valence-electron chi connectivity index (χ0n) is 13.5. The minimum Gasteiger partial charge on any atom is -0.497 e. The molecule has 0 saturated heterocycles. The minimum absolute atomic E-state index is 0.148. The monoisotopic (exact) mass is 333 g/mol. The van der Waals surface area contributed by atoms with Crippen molar-refractivity contribution in [3.63, 3.8) is 0 Å². The molecule has 25 heavy (non-hydrogen) atoms. The SMILES string of the molecule is COc1ccc(C(=O)c2ccccc2)c(OC(=O)c2ccncc2)c1. The molecular formula is C20H15NO4. The van der Waals surface area contributed by atoms with E-state index in [4.69, 9.17) is 9.47 Å². The average molecular weight is 333 g/mol. The van der Waals surface area contributed by atoms with Crippen molar-refractivity contribution in [2.24, 2.45) is 0 Å². The molecule has 0 unspecified atom stereocenters. The highest BCUT2D eigenvalue weighted by atomic mass is 16.5. The molecule has 0 amide bonds. The van der Waals surface area contributed by atoms with E-state index in [-0.39, 0.29) is 17.1 Å². The van der Waals surface area contributed by atoms with Crippen LogP contribution in [0.1, 0.15) is 26.3 Å². The van der Waals surface area contributed by atoms with Gasteiger partial charge in [0.25, 0.3) is 0 Å².